The van der Waals surface area contributed by atoms with E-state index in [1.54, 1.807) is 0 Å². The fourth-order valence-electron chi connectivity index (χ4n) is 1.66. The zero-order valence-corrected chi connectivity index (χ0v) is 9.26. The molecule has 0 radical (unpaired) electrons. The number of aryl methyl sites for hydroxylation is 3. The Kier molecular flexibility index (Phi) is 2.53. The van der Waals surface area contributed by atoms with Gasteiger partial charge in [0.25, 0.3) is 0 Å². The lowest BCUT2D eigenvalue weighted by molar-refractivity contribution is 0.955. The van der Waals surface area contributed by atoms with Crippen LogP contribution in [0.4, 0.5) is 5.69 Å². The second-order valence-electron chi connectivity index (χ2n) is 3.60. The minimum absolute atomic E-state index is 0.803. The molecule has 1 aromatic rings. The van der Waals surface area contributed by atoms with Crippen molar-refractivity contribution in [2.75, 3.05) is 18.4 Å². The third-order valence-corrected chi connectivity index (χ3v) is 2.30. The molecular weight excluding hydrogens is 190 g/mol. The Morgan fingerprint density at radius 3 is 2.33 bits per heavy atom. The maximum Gasteiger partial charge on any atom is 0.196 e. The van der Waals surface area contributed by atoms with Gasteiger partial charge in [0.1, 0.15) is 5.82 Å². The van der Waals surface area contributed by atoms with Crippen LogP contribution in [-0.2, 0) is 0 Å². The van der Waals surface area contributed by atoms with Crippen LogP contribution in [0.2, 0.25) is 0 Å². The monoisotopic (exact) mass is 205 g/mol. The molecule has 0 bridgehead atoms. The smallest absolute Gasteiger partial charge is 0.196 e. The minimum Gasteiger partial charge on any atom is -0.354 e. The van der Waals surface area contributed by atoms with Crippen molar-refractivity contribution in [2.45, 2.75) is 20.8 Å². The highest BCUT2D eigenvalue weighted by atomic mass is 15.2. The highest BCUT2D eigenvalue weighted by Gasteiger charge is 2.10. The van der Waals surface area contributed by atoms with Crippen LogP contribution in [0, 0.1) is 20.8 Å². The number of hydrogen-bond acceptors (Lipinski definition) is 5. The highest BCUT2D eigenvalue weighted by Crippen LogP contribution is 2.16. The summed E-state index contributed by atoms with van der Waals surface area (Å²) in [6, 6.07) is 0. The second-order valence-corrected chi connectivity index (χ2v) is 3.60. The van der Waals surface area contributed by atoms with E-state index in [2.05, 4.69) is 25.6 Å². The predicted molar refractivity (Wildman–Crippen MR) is 60.2 cm³/mol. The van der Waals surface area contributed by atoms with E-state index in [9.17, 15) is 0 Å². The summed E-state index contributed by atoms with van der Waals surface area (Å²) >= 11 is 0. The first-order valence-electron chi connectivity index (χ1n) is 5.04. The summed E-state index contributed by atoms with van der Waals surface area (Å²) in [5.41, 5.74) is 2.86. The number of guanidine groups is 1. The molecule has 0 spiro atoms. The van der Waals surface area contributed by atoms with Crippen molar-refractivity contribution in [1.82, 2.24) is 15.3 Å². The summed E-state index contributed by atoms with van der Waals surface area (Å²) < 4.78 is 0. The van der Waals surface area contributed by atoms with Crippen molar-refractivity contribution in [1.29, 1.82) is 0 Å². The summed E-state index contributed by atoms with van der Waals surface area (Å²) in [6.45, 7) is 7.56. The Bertz CT molecular complexity index is 387. The van der Waals surface area contributed by atoms with Gasteiger partial charge in [0.2, 0.25) is 0 Å². The van der Waals surface area contributed by atoms with Crippen molar-refractivity contribution in [3.05, 3.63) is 17.2 Å². The van der Waals surface area contributed by atoms with Crippen LogP contribution in [0.5, 0.6) is 0 Å². The van der Waals surface area contributed by atoms with Gasteiger partial charge in [-0.1, -0.05) is 0 Å². The first-order valence-corrected chi connectivity index (χ1v) is 5.04. The molecule has 2 N–H and O–H groups in total. The van der Waals surface area contributed by atoms with Gasteiger partial charge in [0, 0.05) is 6.54 Å². The summed E-state index contributed by atoms with van der Waals surface area (Å²) in [7, 11) is 0. The summed E-state index contributed by atoms with van der Waals surface area (Å²) in [5, 5.41) is 6.38. The maximum atomic E-state index is 4.32. The van der Waals surface area contributed by atoms with Crippen LogP contribution in [0.1, 0.15) is 17.2 Å². The van der Waals surface area contributed by atoms with Crippen LogP contribution >= 0.6 is 0 Å². The lowest BCUT2D eigenvalue weighted by Crippen LogP contribution is -2.27. The Morgan fingerprint density at radius 2 is 1.80 bits per heavy atom. The predicted octanol–water partition coefficient (Wildman–Crippen LogP) is 0.773. The highest BCUT2D eigenvalue weighted by molar-refractivity contribution is 5.95. The first kappa shape index (κ1) is 9.89. The van der Waals surface area contributed by atoms with E-state index >= 15 is 0 Å². The van der Waals surface area contributed by atoms with Crippen molar-refractivity contribution >= 4 is 11.6 Å². The van der Waals surface area contributed by atoms with Crippen LogP contribution in [0.3, 0.4) is 0 Å². The number of rotatable bonds is 1. The fraction of sp³-hybridized carbons (Fsp3) is 0.500. The molecule has 0 fully saturated rings. The average Bonchev–Trinajstić information content (AvgIpc) is 2.63. The van der Waals surface area contributed by atoms with Crippen LogP contribution in [0.15, 0.2) is 4.99 Å². The quantitative estimate of drug-likeness (QED) is 0.711. The Labute approximate surface area is 89.0 Å². The third-order valence-electron chi connectivity index (χ3n) is 2.30. The molecular formula is C10H15N5. The molecule has 1 aliphatic rings. The average molecular weight is 205 g/mol. The Hall–Kier alpha value is -1.65. The van der Waals surface area contributed by atoms with E-state index in [1.807, 2.05) is 20.8 Å². The molecule has 0 saturated heterocycles. The molecule has 0 atom stereocenters. The van der Waals surface area contributed by atoms with Gasteiger partial charge in [-0.3, -0.25) is 4.99 Å². The van der Waals surface area contributed by atoms with E-state index in [1.165, 1.54) is 0 Å². The number of anilines is 1. The first-order chi connectivity index (χ1) is 7.16. The zero-order valence-electron chi connectivity index (χ0n) is 9.26. The molecule has 2 rings (SSSR count). The Balaban J connectivity index is 2.27. The van der Waals surface area contributed by atoms with Crippen LogP contribution < -0.4 is 10.6 Å². The van der Waals surface area contributed by atoms with Crippen molar-refractivity contribution in [3.63, 3.8) is 0 Å². The van der Waals surface area contributed by atoms with Gasteiger partial charge in [-0.15, -0.1) is 0 Å². The molecule has 0 amide bonds. The number of nitrogens with one attached hydrogen (secondary N) is 2. The Morgan fingerprint density at radius 1 is 1.13 bits per heavy atom. The van der Waals surface area contributed by atoms with E-state index in [0.29, 0.717) is 0 Å². The fourth-order valence-corrected chi connectivity index (χ4v) is 1.66. The topological polar surface area (TPSA) is 62.2 Å². The van der Waals surface area contributed by atoms with Gasteiger partial charge >= 0.3 is 0 Å². The molecule has 2 heterocycles. The van der Waals surface area contributed by atoms with Gasteiger partial charge in [-0.25, -0.2) is 9.97 Å². The largest absolute Gasteiger partial charge is 0.354 e. The maximum absolute atomic E-state index is 4.32. The van der Waals surface area contributed by atoms with Crippen molar-refractivity contribution in [3.8, 4) is 0 Å². The lowest BCUT2D eigenvalue weighted by atomic mass is 10.3. The number of aliphatic imine (C=N–C) groups is 1. The molecule has 1 aromatic heterocycles. The molecule has 0 unspecified atom stereocenters. The number of aromatic nitrogens is 2. The lowest BCUT2D eigenvalue weighted by Gasteiger charge is -2.11. The van der Waals surface area contributed by atoms with Gasteiger partial charge in [0.15, 0.2) is 5.96 Å². The van der Waals surface area contributed by atoms with Gasteiger partial charge in [-0.05, 0) is 20.8 Å². The number of nitrogens with zero attached hydrogens (tertiary/aromatic N) is 3. The van der Waals surface area contributed by atoms with E-state index in [-0.39, 0.29) is 0 Å². The molecule has 0 saturated carbocycles. The molecule has 5 heteroatoms. The van der Waals surface area contributed by atoms with Crippen LogP contribution in [0.25, 0.3) is 0 Å². The molecule has 0 aromatic carbocycles. The molecule has 0 aliphatic carbocycles. The summed E-state index contributed by atoms with van der Waals surface area (Å²) in [5.74, 6) is 1.62. The minimum atomic E-state index is 0.803. The van der Waals surface area contributed by atoms with Crippen molar-refractivity contribution < 1.29 is 0 Å². The molecule has 5 nitrogen and oxygen atoms in total. The summed E-state index contributed by atoms with van der Waals surface area (Å²) in [6.07, 6.45) is 0. The third kappa shape index (κ3) is 2.06. The normalized spacial score (nSPS) is 14.7. The van der Waals surface area contributed by atoms with Crippen LogP contribution in [-0.4, -0.2) is 29.0 Å². The SMILES string of the molecule is Cc1nc(C)c(NC2=NCCN2)c(C)n1. The van der Waals surface area contributed by atoms with E-state index in [0.717, 1.165) is 41.9 Å². The van der Waals surface area contributed by atoms with Gasteiger partial charge in [0.05, 0.1) is 23.6 Å². The van der Waals surface area contributed by atoms with E-state index in [4.69, 9.17) is 0 Å². The zero-order chi connectivity index (χ0) is 10.8. The molecule has 1 aliphatic heterocycles. The summed E-state index contributed by atoms with van der Waals surface area (Å²) in [4.78, 5) is 12.9. The molecule has 80 valence electrons. The van der Waals surface area contributed by atoms with Crippen molar-refractivity contribution in [2.24, 2.45) is 4.99 Å². The van der Waals surface area contributed by atoms with Gasteiger partial charge in [-0.2, -0.15) is 0 Å². The number of hydrogen-bond donors (Lipinski definition) is 2. The van der Waals surface area contributed by atoms with E-state index < -0.39 is 0 Å². The molecule has 15 heavy (non-hydrogen) atoms. The van der Waals surface area contributed by atoms with Gasteiger partial charge < -0.3 is 10.6 Å². The standard InChI is InChI=1S/C10H15N5/c1-6-9(7(2)14-8(3)13-6)15-10-11-4-5-12-10/h4-5H2,1-3H3,(H2,11,12,15). The second kappa shape index (κ2) is 3.84.